The standard InChI is InChI=1S/C20H21N7OS2/c1-12-9-13(2)27(25-12)17-7-6-15(10-21-17)11-22-19(28)14(3)26-18(23-24-20(26)29)16-5-4-8-30-16/h4-10,14H,11H2,1-3H3,(H,22,28)(H,24,29). The van der Waals surface area contributed by atoms with Gasteiger partial charge < -0.3 is 5.32 Å². The molecule has 4 heterocycles. The fourth-order valence-corrected chi connectivity index (χ4v) is 4.21. The Hall–Kier alpha value is -3.11. The zero-order chi connectivity index (χ0) is 21.3. The van der Waals surface area contributed by atoms with Crippen LogP contribution < -0.4 is 5.32 Å². The largest absolute Gasteiger partial charge is 0.350 e. The Balaban J connectivity index is 1.45. The Kier molecular flexibility index (Phi) is 5.60. The van der Waals surface area contributed by atoms with E-state index < -0.39 is 6.04 Å². The zero-order valence-electron chi connectivity index (χ0n) is 16.8. The second-order valence-electron chi connectivity index (χ2n) is 6.96. The number of carbonyl (C=O) groups excluding carboxylic acids is 1. The quantitative estimate of drug-likeness (QED) is 0.447. The van der Waals surface area contributed by atoms with E-state index in [4.69, 9.17) is 12.2 Å². The smallest absolute Gasteiger partial charge is 0.243 e. The maximum Gasteiger partial charge on any atom is 0.243 e. The molecule has 0 aliphatic carbocycles. The molecule has 0 radical (unpaired) electrons. The normalized spacial score (nSPS) is 12.1. The van der Waals surface area contributed by atoms with Crippen LogP contribution in [0.15, 0.2) is 41.9 Å². The van der Waals surface area contributed by atoms with Crippen molar-refractivity contribution in [3.05, 3.63) is 63.6 Å². The number of rotatable bonds is 6. The van der Waals surface area contributed by atoms with E-state index in [-0.39, 0.29) is 5.91 Å². The number of nitrogens with zero attached hydrogens (tertiary/aromatic N) is 5. The molecule has 1 unspecified atom stereocenters. The third-order valence-electron chi connectivity index (χ3n) is 4.72. The highest BCUT2D eigenvalue weighted by Gasteiger charge is 2.21. The zero-order valence-corrected chi connectivity index (χ0v) is 18.4. The number of hydrogen-bond donors (Lipinski definition) is 2. The van der Waals surface area contributed by atoms with Crippen molar-refractivity contribution >= 4 is 29.5 Å². The molecule has 0 aliphatic rings. The summed E-state index contributed by atoms with van der Waals surface area (Å²) in [5, 5.41) is 16.4. The van der Waals surface area contributed by atoms with Gasteiger partial charge in [0.1, 0.15) is 6.04 Å². The number of pyridine rings is 1. The Bertz CT molecular complexity index is 1220. The van der Waals surface area contributed by atoms with E-state index in [0.717, 1.165) is 27.6 Å². The van der Waals surface area contributed by atoms with Crippen molar-refractivity contribution < 1.29 is 4.79 Å². The SMILES string of the molecule is Cc1cc(C)n(-c2ccc(CNC(=O)C(C)n3c(-c4cccs4)n[nH]c3=S)cn2)n1. The molecule has 0 saturated heterocycles. The van der Waals surface area contributed by atoms with Gasteiger partial charge in [0, 0.05) is 18.4 Å². The average Bonchev–Trinajstić information content (AvgIpc) is 3.46. The number of aryl methyl sites for hydroxylation is 2. The van der Waals surface area contributed by atoms with Crippen molar-refractivity contribution in [3.63, 3.8) is 0 Å². The van der Waals surface area contributed by atoms with Crippen LogP contribution in [-0.4, -0.2) is 35.4 Å². The van der Waals surface area contributed by atoms with Crippen molar-refractivity contribution in [1.82, 2.24) is 34.8 Å². The lowest BCUT2D eigenvalue weighted by Gasteiger charge is -2.15. The van der Waals surface area contributed by atoms with Crippen LogP contribution in [0.2, 0.25) is 0 Å². The van der Waals surface area contributed by atoms with E-state index in [1.165, 1.54) is 0 Å². The third kappa shape index (κ3) is 3.96. The van der Waals surface area contributed by atoms with Gasteiger partial charge in [0.05, 0.1) is 10.6 Å². The summed E-state index contributed by atoms with van der Waals surface area (Å²) in [5.74, 6) is 1.26. The van der Waals surface area contributed by atoms with Crippen molar-refractivity contribution in [2.45, 2.75) is 33.4 Å². The summed E-state index contributed by atoms with van der Waals surface area (Å²) in [4.78, 5) is 18.2. The Morgan fingerprint density at radius 3 is 2.80 bits per heavy atom. The summed E-state index contributed by atoms with van der Waals surface area (Å²) in [5.41, 5.74) is 2.86. The highest BCUT2D eigenvalue weighted by molar-refractivity contribution is 7.71. The second-order valence-corrected chi connectivity index (χ2v) is 8.29. The van der Waals surface area contributed by atoms with Crippen molar-refractivity contribution in [1.29, 1.82) is 0 Å². The Morgan fingerprint density at radius 2 is 2.17 bits per heavy atom. The fourth-order valence-electron chi connectivity index (χ4n) is 3.21. The molecular formula is C20H21N7OS2. The first-order valence-electron chi connectivity index (χ1n) is 9.41. The van der Waals surface area contributed by atoms with Crippen LogP contribution in [0.25, 0.3) is 16.5 Å². The van der Waals surface area contributed by atoms with Crippen LogP contribution >= 0.6 is 23.6 Å². The number of nitrogens with one attached hydrogen (secondary N) is 2. The number of aromatic amines is 1. The molecule has 154 valence electrons. The minimum absolute atomic E-state index is 0.145. The lowest BCUT2D eigenvalue weighted by molar-refractivity contribution is -0.124. The van der Waals surface area contributed by atoms with Crippen molar-refractivity contribution in [2.24, 2.45) is 0 Å². The number of amides is 1. The van der Waals surface area contributed by atoms with Gasteiger partial charge in [0.25, 0.3) is 0 Å². The maximum absolute atomic E-state index is 12.8. The summed E-state index contributed by atoms with van der Waals surface area (Å²) >= 11 is 6.89. The molecule has 8 nitrogen and oxygen atoms in total. The van der Waals surface area contributed by atoms with E-state index in [9.17, 15) is 4.79 Å². The topological polar surface area (TPSA) is 93.4 Å². The number of thiophene rings is 1. The minimum atomic E-state index is -0.504. The molecule has 4 aromatic rings. The molecule has 0 saturated carbocycles. The summed E-state index contributed by atoms with van der Waals surface area (Å²) in [6.07, 6.45) is 1.75. The molecule has 1 atom stereocenters. The lowest BCUT2D eigenvalue weighted by Crippen LogP contribution is -2.31. The van der Waals surface area contributed by atoms with Gasteiger partial charge in [-0.05, 0) is 62.1 Å². The van der Waals surface area contributed by atoms with Gasteiger partial charge >= 0.3 is 0 Å². The molecule has 4 aromatic heterocycles. The summed E-state index contributed by atoms with van der Waals surface area (Å²) < 4.78 is 3.95. The van der Waals surface area contributed by atoms with Crippen LogP contribution in [0.4, 0.5) is 0 Å². The summed E-state index contributed by atoms with van der Waals surface area (Å²) in [7, 11) is 0. The van der Waals surface area contributed by atoms with Gasteiger partial charge in [-0.2, -0.15) is 10.2 Å². The first kappa shape index (κ1) is 20.2. The van der Waals surface area contributed by atoms with Gasteiger partial charge in [0.2, 0.25) is 5.91 Å². The highest BCUT2D eigenvalue weighted by atomic mass is 32.1. The number of H-pyrrole nitrogens is 1. The van der Waals surface area contributed by atoms with Crippen molar-refractivity contribution in [3.8, 4) is 16.5 Å². The van der Waals surface area contributed by atoms with E-state index in [1.807, 2.05) is 56.5 Å². The van der Waals surface area contributed by atoms with Crippen LogP contribution in [0.3, 0.4) is 0 Å². The molecule has 0 bridgehead atoms. The number of aromatic nitrogens is 6. The third-order valence-corrected chi connectivity index (χ3v) is 5.87. The molecule has 2 N–H and O–H groups in total. The van der Waals surface area contributed by atoms with E-state index >= 15 is 0 Å². The first-order chi connectivity index (χ1) is 14.4. The van der Waals surface area contributed by atoms with Crippen LogP contribution in [0.1, 0.15) is 29.9 Å². The molecule has 0 fully saturated rings. The minimum Gasteiger partial charge on any atom is -0.350 e. The molecule has 30 heavy (non-hydrogen) atoms. The average molecular weight is 440 g/mol. The number of hydrogen-bond acceptors (Lipinski definition) is 6. The van der Waals surface area contributed by atoms with Gasteiger partial charge in [-0.3, -0.25) is 14.5 Å². The van der Waals surface area contributed by atoms with E-state index in [2.05, 4.69) is 25.6 Å². The van der Waals surface area contributed by atoms with Crippen LogP contribution in [-0.2, 0) is 11.3 Å². The second kappa shape index (κ2) is 8.33. The Morgan fingerprint density at radius 1 is 1.33 bits per heavy atom. The summed E-state index contributed by atoms with van der Waals surface area (Å²) in [6, 6.07) is 9.22. The van der Waals surface area contributed by atoms with E-state index in [0.29, 0.717) is 17.1 Å². The van der Waals surface area contributed by atoms with Gasteiger partial charge in [0.15, 0.2) is 16.4 Å². The molecule has 1 amide bonds. The predicted octanol–water partition coefficient (Wildman–Crippen LogP) is 3.74. The fraction of sp³-hybridized carbons (Fsp3) is 0.250. The highest BCUT2D eigenvalue weighted by Crippen LogP contribution is 2.25. The van der Waals surface area contributed by atoms with Gasteiger partial charge in [-0.15, -0.1) is 11.3 Å². The monoisotopic (exact) mass is 439 g/mol. The molecule has 0 aromatic carbocycles. The van der Waals surface area contributed by atoms with E-state index in [1.54, 1.807) is 26.8 Å². The molecule has 4 rings (SSSR count). The molecule has 10 heteroatoms. The molecule has 0 aliphatic heterocycles. The maximum atomic E-state index is 12.8. The van der Waals surface area contributed by atoms with Crippen LogP contribution in [0, 0.1) is 18.6 Å². The van der Waals surface area contributed by atoms with Crippen molar-refractivity contribution in [2.75, 3.05) is 0 Å². The van der Waals surface area contributed by atoms with Gasteiger partial charge in [-0.1, -0.05) is 12.1 Å². The Labute approximate surface area is 182 Å². The number of carbonyl (C=O) groups is 1. The van der Waals surface area contributed by atoms with Gasteiger partial charge in [-0.25, -0.2) is 9.67 Å². The molecular weight excluding hydrogens is 418 g/mol. The predicted molar refractivity (Wildman–Crippen MR) is 118 cm³/mol. The van der Waals surface area contributed by atoms with Crippen LogP contribution in [0.5, 0.6) is 0 Å². The first-order valence-corrected chi connectivity index (χ1v) is 10.7. The summed E-state index contributed by atoms with van der Waals surface area (Å²) in [6.45, 7) is 6.11. The lowest BCUT2D eigenvalue weighted by atomic mass is 10.2. The molecule has 0 spiro atoms.